The van der Waals surface area contributed by atoms with Crippen molar-refractivity contribution in [3.8, 4) is 17.2 Å². The fraction of sp³-hybridized carbons (Fsp3) is 0.350. The van der Waals surface area contributed by atoms with Gasteiger partial charge in [0.25, 0.3) is 0 Å². The maximum Gasteiger partial charge on any atom is 0.246 e. The first-order chi connectivity index (χ1) is 13.7. The largest absolute Gasteiger partial charge is 0.495 e. The third-order valence-electron chi connectivity index (χ3n) is 4.34. The zero-order chi connectivity index (χ0) is 21.6. The summed E-state index contributed by atoms with van der Waals surface area (Å²) >= 11 is 0. The third-order valence-corrected chi connectivity index (χ3v) is 6.21. The van der Waals surface area contributed by atoms with E-state index in [0.29, 0.717) is 23.6 Å². The maximum atomic E-state index is 13.1. The molecular formula is C20H26N2O6S. The Hall–Kier alpha value is -2.78. The van der Waals surface area contributed by atoms with E-state index in [1.54, 1.807) is 26.4 Å². The van der Waals surface area contributed by atoms with E-state index in [2.05, 4.69) is 5.32 Å². The second-order valence-electron chi connectivity index (χ2n) is 6.31. The van der Waals surface area contributed by atoms with Gasteiger partial charge in [-0.3, -0.25) is 4.79 Å². The average Bonchev–Trinajstić information content (AvgIpc) is 2.71. The molecule has 0 fully saturated rings. The number of methoxy groups -OCH3 is 3. The first-order valence-corrected chi connectivity index (χ1v) is 10.3. The number of anilines is 1. The van der Waals surface area contributed by atoms with Crippen LogP contribution in [0.2, 0.25) is 0 Å². The molecule has 0 saturated heterocycles. The molecule has 0 saturated carbocycles. The third kappa shape index (κ3) is 5.39. The topological polar surface area (TPSA) is 94.2 Å². The number of nitrogens with zero attached hydrogens (tertiary/aromatic N) is 1. The highest BCUT2D eigenvalue weighted by Crippen LogP contribution is 2.30. The smallest absolute Gasteiger partial charge is 0.246 e. The molecule has 0 unspecified atom stereocenters. The van der Waals surface area contributed by atoms with Gasteiger partial charge in [-0.05, 0) is 42.3 Å². The normalized spacial score (nSPS) is 11.2. The predicted octanol–water partition coefficient (Wildman–Crippen LogP) is 2.53. The molecule has 2 aromatic carbocycles. The molecule has 0 radical (unpaired) electrons. The van der Waals surface area contributed by atoms with Crippen LogP contribution in [0, 0.1) is 0 Å². The second-order valence-corrected chi connectivity index (χ2v) is 8.33. The number of carbonyl (C=O) groups is 1. The lowest BCUT2D eigenvalue weighted by atomic mass is 10.1. The van der Waals surface area contributed by atoms with E-state index in [1.165, 1.54) is 37.5 Å². The van der Waals surface area contributed by atoms with Gasteiger partial charge in [0.15, 0.2) is 11.5 Å². The van der Waals surface area contributed by atoms with Gasteiger partial charge in [0.05, 0.1) is 21.3 Å². The number of ether oxygens (including phenoxy) is 3. The molecular weight excluding hydrogens is 396 g/mol. The van der Waals surface area contributed by atoms with Crippen LogP contribution in [0.5, 0.6) is 17.2 Å². The Kier molecular flexibility index (Phi) is 7.46. The Morgan fingerprint density at radius 1 is 0.966 bits per heavy atom. The summed E-state index contributed by atoms with van der Waals surface area (Å²) in [6.07, 6.45) is 0.476. The predicted molar refractivity (Wildman–Crippen MR) is 110 cm³/mol. The molecule has 0 atom stereocenters. The highest BCUT2D eigenvalue weighted by Gasteiger charge is 2.25. The molecule has 0 aliphatic rings. The van der Waals surface area contributed by atoms with E-state index < -0.39 is 10.0 Å². The van der Waals surface area contributed by atoms with Gasteiger partial charge >= 0.3 is 0 Å². The molecule has 0 bridgehead atoms. The molecule has 0 spiro atoms. The van der Waals surface area contributed by atoms with Crippen molar-refractivity contribution in [2.45, 2.75) is 18.2 Å². The van der Waals surface area contributed by atoms with Gasteiger partial charge in [-0.2, -0.15) is 0 Å². The number of hydrogen-bond acceptors (Lipinski definition) is 6. The number of likely N-dealkylation sites (N-methyl/N-ethyl adjacent to an activating group) is 1. The second kappa shape index (κ2) is 9.62. The number of amides is 1. The van der Waals surface area contributed by atoms with Crippen LogP contribution in [-0.2, 0) is 21.2 Å². The Balaban J connectivity index is 2.23. The SMILES string of the molecule is COc1ccc(CCN(C)S(=O)(=O)c2cc(NC(C)=O)ccc2OC)cc1OC. The minimum atomic E-state index is -3.84. The summed E-state index contributed by atoms with van der Waals surface area (Å²) in [5.74, 6) is 1.11. The van der Waals surface area contributed by atoms with Gasteiger partial charge in [0.1, 0.15) is 10.6 Å². The van der Waals surface area contributed by atoms with Gasteiger partial charge in [0, 0.05) is 26.2 Å². The minimum absolute atomic E-state index is 0.0129. The van der Waals surface area contributed by atoms with Crippen molar-refractivity contribution >= 4 is 21.6 Å². The summed E-state index contributed by atoms with van der Waals surface area (Å²) in [4.78, 5) is 11.3. The van der Waals surface area contributed by atoms with Crippen LogP contribution in [0.1, 0.15) is 12.5 Å². The van der Waals surface area contributed by atoms with E-state index in [-0.39, 0.29) is 23.1 Å². The van der Waals surface area contributed by atoms with E-state index in [9.17, 15) is 13.2 Å². The van der Waals surface area contributed by atoms with Gasteiger partial charge in [0.2, 0.25) is 15.9 Å². The molecule has 9 heteroatoms. The minimum Gasteiger partial charge on any atom is -0.495 e. The summed E-state index contributed by atoms with van der Waals surface area (Å²) in [6.45, 7) is 1.60. The lowest BCUT2D eigenvalue weighted by Crippen LogP contribution is -2.29. The first-order valence-electron chi connectivity index (χ1n) is 8.85. The molecule has 8 nitrogen and oxygen atoms in total. The standard InChI is InChI=1S/C20H26N2O6S/c1-14(23)21-16-7-9-18(27-4)20(13-16)29(24,25)22(2)11-10-15-6-8-17(26-3)19(12-15)28-5/h6-9,12-13H,10-11H2,1-5H3,(H,21,23). The first kappa shape index (κ1) is 22.5. The molecule has 0 aliphatic heterocycles. The van der Waals surface area contributed by atoms with Crippen molar-refractivity contribution in [1.82, 2.24) is 4.31 Å². The Morgan fingerprint density at radius 2 is 1.59 bits per heavy atom. The van der Waals surface area contributed by atoms with Crippen molar-refractivity contribution in [3.63, 3.8) is 0 Å². The fourth-order valence-corrected chi connectivity index (χ4v) is 4.12. The summed E-state index contributed by atoms with van der Waals surface area (Å²) in [7, 11) is 2.17. The van der Waals surface area contributed by atoms with Crippen LogP contribution in [0.25, 0.3) is 0 Å². The number of nitrogens with one attached hydrogen (secondary N) is 1. The molecule has 0 aliphatic carbocycles. The van der Waals surface area contributed by atoms with E-state index in [1.807, 2.05) is 12.1 Å². The van der Waals surface area contributed by atoms with Crippen LogP contribution in [-0.4, -0.2) is 53.6 Å². The quantitative estimate of drug-likeness (QED) is 0.667. The Labute approximate surface area is 171 Å². The summed E-state index contributed by atoms with van der Waals surface area (Å²) in [6, 6.07) is 9.95. The van der Waals surface area contributed by atoms with Crippen LogP contribution < -0.4 is 19.5 Å². The lowest BCUT2D eigenvalue weighted by molar-refractivity contribution is -0.114. The van der Waals surface area contributed by atoms with Gasteiger partial charge in [-0.15, -0.1) is 0 Å². The number of rotatable bonds is 9. The highest BCUT2D eigenvalue weighted by molar-refractivity contribution is 7.89. The molecule has 0 aromatic heterocycles. The molecule has 1 N–H and O–H groups in total. The molecule has 1 amide bonds. The average molecular weight is 423 g/mol. The van der Waals surface area contributed by atoms with E-state index in [0.717, 1.165) is 5.56 Å². The van der Waals surface area contributed by atoms with Crippen molar-refractivity contribution in [2.24, 2.45) is 0 Å². The monoisotopic (exact) mass is 422 g/mol. The van der Waals surface area contributed by atoms with Crippen LogP contribution in [0.15, 0.2) is 41.3 Å². The van der Waals surface area contributed by atoms with Crippen molar-refractivity contribution in [1.29, 1.82) is 0 Å². The van der Waals surface area contributed by atoms with Crippen molar-refractivity contribution < 1.29 is 27.4 Å². The number of carbonyl (C=O) groups excluding carboxylic acids is 1. The van der Waals surface area contributed by atoms with Crippen LogP contribution in [0.3, 0.4) is 0 Å². The fourth-order valence-electron chi connectivity index (χ4n) is 2.77. The summed E-state index contributed by atoms with van der Waals surface area (Å²) in [5, 5.41) is 2.59. The van der Waals surface area contributed by atoms with Crippen LogP contribution >= 0.6 is 0 Å². The Bertz CT molecular complexity index is 975. The number of benzene rings is 2. The molecule has 2 rings (SSSR count). The zero-order valence-corrected chi connectivity index (χ0v) is 18.0. The van der Waals surface area contributed by atoms with Crippen LogP contribution in [0.4, 0.5) is 5.69 Å². The molecule has 29 heavy (non-hydrogen) atoms. The van der Waals surface area contributed by atoms with Gasteiger partial charge in [-0.1, -0.05) is 6.07 Å². The van der Waals surface area contributed by atoms with Crippen molar-refractivity contribution in [2.75, 3.05) is 40.2 Å². The Morgan fingerprint density at radius 3 is 2.17 bits per heavy atom. The summed E-state index contributed by atoms with van der Waals surface area (Å²) < 4.78 is 43.1. The maximum absolute atomic E-state index is 13.1. The van der Waals surface area contributed by atoms with E-state index in [4.69, 9.17) is 14.2 Å². The lowest BCUT2D eigenvalue weighted by Gasteiger charge is -2.20. The molecule has 158 valence electrons. The highest BCUT2D eigenvalue weighted by atomic mass is 32.2. The van der Waals surface area contributed by atoms with E-state index >= 15 is 0 Å². The number of hydrogen-bond donors (Lipinski definition) is 1. The zero-order valence-electron chi connectivity index (χ0n) is 17.2. The van der Waals surface area contributed by atoms with Gasteiger partial charge in [-0.25, -0.2) is 12.7 Å². The van der Waals surface area contributed by atoms with Crippen molar-refractivity contribution in [3.05, 3.63) is 42.0 Å². The molecule has 2 aromatic rings. The molecule has 0 heterocycles. The number of sulfonamides is 1. The van der Waals surface area contributed by atoms with Gasteiger partial charge < -0.3 is 19.5 Å². The summed E-state index contributed by atoms with van der Waals surface area (Å²) in [5.41, 5.74) is 1.29.